The zero-order valence-electron chi connectivity index (χ0n) is 21.9. The van der Waals surface area contributed by atoms with Gasteiger partial charge in [0.05, 0.1) is 11.3 Å². The van der Waals surface area contributed by atoms with Gasteiger partial charge in [-0.2, -0.15) is 0 Å². The second kappa shape index (κ2) is 11.2. The molecule has 3 aromatic rings. The molecule has 0 aliphatic heterocycles. The number of aliphatic hydroxyl groups excluding tert-OH is 1. The van der Waals surface area contributed by atoms with E-state index >= 15 is 0 Å². The molecule has 0 spiro atoms. The number of aliphatic hydroxyl groups is 1. The van der Waals surface area contributed by atoms with Crippen LogP contribution in [0, 0.1) is 20.8 Å². The van der Waals surface area contributed by atoms with Crippen molar-refractivity contribution in [3.63, 3.8) is 0 Å². The van der Waals surface area contributed by atoms with E-state index in [-0.39, 0.29) is 0 Å². The van der Waals surface area contributed by atoms with Gasteiger partial charge in [0, 0.05) is 5.69 Å². The number of benzene rings is 3. The maximum absolute atomic E-state index is 13.7. The van der Waals surface area contributed by atoms with Gasteiger partial charge in [-0.1, -0.05) is 74.1 Å². The number of rotatable bonds is 7. The number of nitrogens with one attached hydrogen (secondary N) is 3. The largest absolute Gasteiger partial charge is 0.480 e. The van der Waals surface area contributed by atoms with Crippen LogP contribution in [-0.4, -0.2) is 34.0 Å². The summed E-state index contributed by atoms with van der Waals surface area (Å²) in [6.07, 6.45) is 4.16. The molecular weight excluding hydrogens is 466 g/mol. The average molecular weight is 504 g/mol. The maximum Gasteiger partial charge on any atom is 0.329 e. The van der Waals surface area contributed by atoms with Crippen LogP contribution in [0.4, 0.5) is 11.4 Å². The maximum atomic E-state index is 13.7. The van der Waals surface area contributed by atoms with Crippen LogP contribution in [-0.2, 0) is 4.79 Å². The van der Waals surface area contributed by atoms with Crippen LogP contribution in [0.25, 0.3) is 10.8 Å². The molecule has 1 fully saturated rings. The lowest BCUT2D eigenvalue weighted by Gasteiger charge is -2.32. The topological polar surface area (TPSA) is 111 Å². The van der Waals surface area contributed by atoms with Gasteiger partial charge in [0.1, 0.15) is 5.54 Å². The Balaban J connectivity index is 1.65. The Bertz CT molecular complexity index is 1270. The summed E-state index contributed by atoms with van der Waals surface area (Å²) in [6, 6.07) is 15.3. The van der Waals surface area contributed by atoms with E-state index in [2.05, 4.69) is 16.0 Å². The van der Waals surface area contributed by atoms with Crippen molar-refractivity contribution in [1.82, 2.24) is 5.32 Å². The highest BCUT2D eigenvalue weighted by molar-refractivity contribution is 6.06. The Morgan fingerprint density at radius 3 is 2.00 bits per heavy atom. The molecule has 1 amide bonds. The third kappa shape index (κ3) is 6.05. The molecule has 7 heteroatoms. The van der Waals surface area contributed by atoms with E-state index in [4.69, 9.17) is 0 Å². The normalized spacial score (nSPS) is 16.3. The van der Waals surface area contributed by atoms with Gasteiger partial charge >= 0.3 is 5.97 Å². The summed E-state index contributed by atoms with van der Waals surface area (Å²) >= 11 is 0. The summed E-state index contributed by atoms with van der Waals surface area (Å²) in [7, 11) is 0. The molecular formula is C30H37N3O4. The molecule has 0 bridgehead atoms. The molecule has 1 unspecified atom stereocenters. The quantitative estimate of drug-likeness (QED) is 0.258. The van der Waals surface area contributed by atoms with E-state index < -0.39 is 23.8 Å². The lowest BCUT2D eigenvalue weighted by molar-refractivity contribution is -0.145. The summed E-state index contributed by atoms with van der Waals surface area (Å²) in [6.45, 7) is 5.98. The molecule has 196 valence electrons. The molecule has 4 rings (SSSR count). The third-order valence-electron chi connectivity index (χ3n) is 7.35. The number of amides is 1. The highest BCUT2D eigenvalue weighted by Gasteiger charge is 2.40. The first kappa shape index (κ1) is 26.5. The molecule has 0 aromatic heterocycles. The van der Waals surface area contributed by atoms with Crippen LogP contribution in [0.5, 0.6) is 0 Å². The first-order valence-electron chi connectivity index (χ1n) is 13.1. The Morgan fingerprint density at radius 2 is 1.41 bits per heavy atom. The second-order valence-electron chi connectivity index (χ2n) is 10.3. The fraction of sp³-hybridized carbons (Fsp3) is 0.400. The zero-order valence-corrected chi connectivity index (χ0v) is 21.9. The SMILES string of the molecule is Cc1cc(C)c(NC(O)Nc2cc3ccccc3cc2C(=O)NC2(C(=O)O)CCCCCCC2)c(C)c1. The van der Waals surface area contributed by atoms with Crippen LogP contribution >= 0.6 is 0 Å². The number of hydrogen-bond acceptors (Lipinski definition) is 5. The van der Waals surface area contributed by atoms with Gasteiger partial charge in [-0.3, -0.25) is 4.79 Å². The van der Waals surface area contributed by atoms with E-state index in [1.807, 2.05) is 63.2 Å². The van der Waals surface area contributed by atoms with Crippen molar-refractivity contribution in [2.24, 2.45) is 0 Å². The minimum Gasteiger partial charge on any atom is -0.480 e. The number of hydrogen-bond donors (Lipinski definition) is 5. The van der Waals surface area contributed by atoms with Crippen molar-refractivity contribution in [2.75, 3.05) is 10.6 Å². The summed E-state index contributed by atoms with van der Waals surface area (Å²) in [4.78, 5) is 26.0. The summed E-state index contributed by atoms with van der Waals surface area (Å²) < 4.78 is 0. The highest BCUT2D eigenvalue weighted by Crippen LogP contribution is 2.30. The average Bonchev–Trinajstić information content (AvgIpc) is 2.82. The standard InChI is InChI=1S/C30H37N3O4/c1-19-15-20(2)26(21(3)16-19)32-29(37)31-25-18-23-12-8-7-11-22(23)17-24(25)27(34)33-30(28(35)36)13-9-5-4-6-10-14-30/h7-8,11-12,15-18,29,31-32,37H,4-6,9-10,13-14H2,1-3H3,(H,33,34)(H,35,36). The third-order valence-corrected chi connectivity index (χ3v) is 7.35. The monoisotopic (exact) mass is 503 g/mol. The van der Waals surface area contributed by atoms with Gasteiger partial charge < -0.3 is 26.2 Å². The van der Waals surface area contributed by atoms with Crippen LogP contribution in [0.15, 0.2) is 48.5 Å². The Hall–Kier alpha value is -3.58. The van der Waals surface area contributed by atoms with Crippen LogP contribution in [0.1, 0.15) is 72.0 Å². The molecule has 0 saturated heterocycles. The van der Waals surface area contributed by atoms with Gasteiger partial charge in [-0.15, -0.1) is 0 Å². The number of carboxylic acid groups (broad SMARTS) is 1. The van der Waals surface area contributed by atoms with Crippen molar-refractivity contribution in [2.45, 2.75) is 77.6 Å². The number of anilines is 2. The molecule has 0 radical (unpaired) electrons. The van der Waals surface area contributed by atoms with Crippen molar-refractivity contribution in [3.8, 4) is 0 Å². The molecule has 1 saturated carbocycles. The summed E-state index contributed by atoms with van der Waals surface area (Å²) in [5.74, 6) is -1.46. The molecule has 1 atom stereocenters. The molecule has 37 heavy (non-hydrogen) atoms. The first-order valence-corrected chi connectivity index (χ1v) is 13.1. The van der Waals surface area contributed by atoms with E-state index in [9.17, 15) is 19.8 Å². The minimum atomic E-state index is -1.30. The van der Waals surface area contributed by atoms with Crippen molar-refractivity contribution in [3.05, 3.63) is 70.8 Å². The van der Waals surface area contributed by atoms with Crippen molar-refractivity contribution >= 4 is 34.0 Å². The lowest BCUT2D eigenvalue weighted by atomic mass is 9.83. The summed E-state index contributed by atoms with van der Waals surface area (Å²) in [5, 5.41) is 31.9. The predicted molar refractivity (Wildman–Crippen MR) is 148 cm³/mol. The molecule has 7 nitrogen and oxygen atoms in total. The van der Waals surface area contributed by atoms with Crippen molar-refractivity contribution < 1.29 is 19.8 Å². The highest BCUT2D eigenvalue weighted by atomic mass is 16.4. The molecule has 3 aromatic carbocycles. The van der Waals surface area contributed by atoms with Gasteiger partial charge in [-0.05, 0) is 67.6 Å². The number of aliphatic carboxylic acids is 1. The Morgan fingerprint density at radius 1 is 0.838 bits per heavy atom. The first-order chi connectivity index (χ1) is 17.7. The van der Waals surface area contributed by atoms with Gasteiger partial charge in [-0.25, -0.2) is 4.79 Å². The van der Waals surface area contributed by atoms with Crippen LogP contribution in [0.2, 0.25) is 0 Å². The van der Waals surface area contributed by atoms with Gasteiger partial charge in [0.15, 0.2) is 0 Å². The van der Waals surface area contributed by atoms with E-state index in [1.54, 1.807) is 6.07 Å². The van der Waals surface area contributed by atoms with Crippen molar-refractivity contribution in [1.29, 1.82) is 0 Å². The number of carbonyl (C=O) groups is 2. The van der Waals surface area contributed by atoms with E-state index in [0.717, 1.165) is 65.3 Å². The fourth-order valence-corrected chi connectivity index (χ4v) is 5.46. The smallest absolute Gasteiger partial charge is 0.329 e. The van der Waals surface area contributed by atoms with Gasteiger partial charge in [0.2, 0.25) is 6.35 Å². The molecule has 0 heterocycles. The van der Waals surface area contributed by atoms with E-state index in [1.165, 1.54) is 0 Å². The minimum absolute atomic E-state index is 0.291. The van der Waals surface area contributed by atoms with Crippen LogP contribution in [0.3, 0.4) is 0 Å². The predicted octanol–water partition coefficient (Wildman–Crippen LogP) is 5.86. The number of aryl methyl sites for hydroxylation is 3. The van der Waals surface area contributed by atoms with Crippen LogP contribution < -0.4 is 16.0 Å². The number of carboxylic acids is 1. The number of carbonyl (C=O) groups excluding carboxylic acids is 1. The fourth-order valence-electron chi connectivity index (χ4n) is 5.46. The second-order valence-corrected chi connectivity index (χ2v) is 10.3. The van der Waals surface area contributed by atoms with E-state index in [0.29, 0.717) is 24.1 Å². The zero-order chi connectivity index (χ0) is 26.6. The Kier molecular flexibility index (Phi) is 8.03. The Labute approximate surface area is 218 Å². The molecule has 1 aliphatic rings. The molecule has 5 N–H and O–H groups in total. The number of fused-ring (bicyclic) bond motifs is 1. The summed E-state index contributed by atoms with van der Waals surface area (Å²) in [5.41, 5.74) is 3.37. The molecule has 1 aliphatic carbocycles. The van der Waals surface area contributed by atoms with Gasteiger partial charge in [0.25, 0.3) is 5.91 Å². The lowest BCUT2D eigenvalue weighted by Crippen LogP contribution is -2.55.